The second-order valence-corrected chi connectivity index (χ2v) is 5.34. The van der Waals surface area contributed by atoms with Crippen LogP contribution in [0.1, 0.15) is 52.5 Å². The zero-order chi connectivity index (χ0) is 13.6. The van der Waals surface area contributed by atoms with Gasteiger partial charge in [0.25, 0.3) is 0 Å². The summed E-state index contributed by atoms with van der Waals surface area (Å²) in [6, 6.07) is 8.07. The molecule has 1 aromatic carbocycles. The monoisotopic (exact) mass is 248 g/mol. The van der Waals surface area contributed by atoms with Gasteiger partial charge in [-0.15, -0.1) is 0 Å². The van der Waals surface area contributed by atoms with Crippen molar-refractivity contribution in [1.29, 1.82) is 0 Å². The molecule has 0 aromatic heterocycles. The van der Waals surface area contributed by atoms with Crippen LogP contribution in [0.25, 0.3) is 0 Å². The van der Waals surface area contributed by atoms with Crippen molar-refractivity contribution in [3.63, 3.8) is 0 Å². The van der Waals surface area contributed by atoms with E-state index in [0.717, 1.165) is 18.6 Å². The van der Waals surface area contributed by atoms with Crippen LogP contribution >= 0.6 is 0 Å². The molecule has 0 saturated heterocycles. The summed E-state index contributed by atoms with van der Waals surface area (Å²) >= 11 is 0. The van der Waals surface area contributed by atoms with Gasteiger partial charge in [0.1, 0.15) is 12.4 Å². The van der Waals surface area contributed by atoms with E-state index in [-0.39, 0.29) is 17.8 Å². The highest BCUT2D eigenvalue weighted by molar-refractivity contribution is 5.79. The van der Waals surface area contributed by atoms with Gasteiger partial charge >= 0.3 is 0 Å². The second-order valence-electron chi connectivity index (χ2n) is 5.34. The molecule has 100 valence electrons. The third-order valence-corrected chi connectivity index (χ3v) is 3.45. The number of carbonyl (C=O) groups is 1. The minimum Gasteiger partial charge on any atom is -0.486 e. The third-order valence-electron chi connectivity index (χ3n) is 3.45. The number of ketones is 1. The number of hydrogen-bond donors (Lipinski definition) is 0. The molecule has 18 heavy (non-hydrogen) atoms. The Kier molecular flexibility index (Phi) is 5.39. The van der Waals surface area contributed by atoms with Crippen molar-refractivity contribution in [3.05, 3.63) is 29.8 Å². The largest absolute Gasteiger partial charge is 0.486 e. The molecule has 0 aliphatic rings. The first-order valence-corrected chi connectivity index (χ1v) is 6.74. The van der Waals surface area contributed by atoms with Crippen LogP contribution in [0.4, 0.5) is 0 Å². The average molecular weight is 248 g/mol. The van der Waals surface area contributed by atoms with Crippen LogP contribution < -0.4 is 4.74 Å². The molecule has 0 radical (unpaired) electrons. The third kappa shape index (κ3) is 4.17. The Bertz CT molecular complexity index is 377. The number of benzene rings is 1. The molecule has 0 spiro atoms. The molecule has 0 bridgehead atoms. The zero-order valence-corrected chi connectivity index (χ0v) is 12.0. The summed E-state index contributed by atoms with van der Waals surface area (Å²) in [5, 5.41) is 0. The summed E-state index contributed by atoms with van der Waals surface area (Å²) in [6.45, 7) is 8.83. The first-order chi connectivity index (χ1) is 8.49. The van der Waals surface area contributed by atoms with E-state index in [1.165, 1.54) is 5.56 Å². The van der Waals surface area contributed by atoms with E-state index in [0.29, 0.717) is 6.42 Å². The van der Waals surface area contributed by atoms with Crippen molar-refractivity contribution in [1.82, 2.24) is 0 Å². The Labute approximate surface area is 110 Å². The fourth-order valence-corrected chi connectivity index (χ4v) is 1.72. The van der Waals surface area contributed by atoms with Crippen LogP contribution in [0.15, 0.2) is 24.3 Å². The molecule has 1 aromatic rings. The lowest BCUT2D eigenvalue weighted by Gasteiger charge is -2.23. The van der Waals surface area contributed by atoms with Crippen molar-refractivity contribution in [2.24, 2.45) is 0 Å². The van der Waals surface area contributed by atoms with E-state index in [9.17, 15) is 4.79 Å². The standard InChI is InChI=1S/C16H24O2/c1-5-7-14(17)12-18-15-10-8-13(9-11-15)16(3,4)6-2/h8-11H,5-7,12H2,1-4H3. The highest BCUT2D eigenvalue weighted by Gasteiger charge is 2.17. The second kappa shape index (κ2) is 6.58. The van der Waals surface area contributed by atoms with Crippen molar-refractivity contribution in [2.45, 2.75) is 52.4 Å². The Balaban J connectivity index is 2.58. The minimum atomic E-state index is 0.162. The first-order valence-electron chi connectivity index (χ1n) is 6.74. The molecule has 0 fully saturated rings. The van der Waals surface area contributed by atoms with E-state index >= 15 is 0 Å². The van der Waals surface area contributed by atoms with Gasteiger partial charge in [0, 0.05) is 6.42 Å². The molecule has 0 aliphatic carbocycles. The first kappa shape index (κ1) is 14.7. The van der Waals surface area contributed by atoms with Crippen molar-refractivity contribution in [3.8, 4) is 5.75 Å². The molecule has 0 N–H and O–H groups in total. The summed E-state index contributed by atoms with van der Waals surface area (Å²) in [5.74, 6) is 0.936. The average Bonchev–Trinajstić information content (AvgIpc) is 2.37. The molecular formula is C16H24O2. The van der Waals surface area contributed by atoms with Gasteiger partial charge in [0.05, 0.1) is 0 Å². The molecule has 0 saturated carbocycles. The minimum absolute atomic E-state index is 0.162. The van der Waals surface area contributed by atoms with Gasteiger partial charge in [-0.1, -0.05) is 39.8 Å². The van der Waals surface area contributed by atoms with Gasteiger partial charge in [0.15, 0.2) is 5.78 Å². The van der Waals surface area contributed by atoms with Crippen LogP contribution in [0.5, 0.6) is 5.75 Å². The number of rotatable bonds is 7. The Morgan fingerprint density at radius 1 is 1.17 bits per heavy atom. The maximum atomic E-state index is 11.4. The lowest BCUT2D eigenvalue weighted by atomic mass is 9.82. The summed E-state index contributed by atoms with van der Waals surface area (Å²) in [7, 11) is 0. The highest BCUT2D eigenvalue weighted by Crippen LogP contribution is 2.27. The molecule has 0 unspecified atom stereocenters. The predicted octanol–water partition coefficient (Wildman–Crippen LogP) is 4.12. The lowest BCUT2D eigenvalue weighted by Crippen LogP contribution is -2.15. The number of hydrogen-bond acceptors (Lipinski definition) is 2. The van der Waals surface area contributed by atoms with Crippen LogP contribution in [-0.4, -0.2) is 12.4 Å². The van der Waals surface area contributed by atoms with Crippen molar-refractivity contribution >= 4 is 5.78 Å². The maximum absolute atomic E-state index is 11.4. The number of carbonyl (C=O) groups excluding carboxylic acids is 1. The van der Waals surface area contributed by atoms with Crippen LogP contribution in [0, 0.1) is 0 Å². The van der Waals surface area contributed by atoms with E-state index in [4.69, 9.17) is 4.74 Å². The van der Waals surface area contributed by atoms with Gasteiger partial charge in [0.2, 0.25) is 0 Å². The predicted molar refractivity (Wildman–Crippen MR) is 75.2 cm³/mol. The lowest BCUT2D eigenvalue weighted by molar-refractivity contribution is -0.121. The summed E-state index contributed by atoms with van der Waals surface area (Å²) in [4.78, 5) is 11.4. The number of ether oxygens (including phenoxy) is 1. The van der Waals surface area contributed by atoms with Crippen molar-refractivity contribution in [2.75, 3.05) is 6.61 Å². The van der Waals surface area contributed by atoms with E-state index in [1.807, 2.05) is 19.1 Å². The van der Waals surface area contributed by atoms with Crippen LogP contribution in [0.3, 0.4) is 0 Å². The van der Waals surface area contributed by atoms with Gasteiger partial charge in [-0.25, -0.2) is 0 Å². The molecule has 0 amide bonds. The van der Waals surface area contributed by atoms with E-state index in [1.54, 1.807) is 0 Å². The summed E-state index contributed by atoms with van der Waals surface area (Å²) in [6.07, 6.45) is 2.58. The highest BCUT2D eigenvalue weighted by atomic mass is 16.5. The molecule has 2 nitrogen and oxygen atoms in total. The zero-order valence-electron chi connectivity index (χ0n) is 12.0. The Morgan fingerprint density at radius 3 is 2.28 bits per heavy atom. The van der Waals surface area contributed by atoms with Crippen LogP contribution in [-0.2, 0) is 10.2 Å². The van der Waals surface area contributed by atoms with Crippen molar-refractivity contribution < 1.29 is 9.53 Å². The van der Waals surface area contributed by atoms with Gasteiger partial charge in [-0.05, 0) is 36.0 Å². The molecular weight excluding hydrogens is 224 g/mol. The topological polar surface area (TPSA) is 26.3 Å². The van der Waals surface area contributed by atoms with Gasteiger partial charge in [-0.2, -0.15) is 0 Å². The summed E-state index contributed by atoms with van der Waals surface area (Å²) < 4.78 is 5.47. The fraction of sp³-hybridized carbons (Fsp3) is 0.562. The molecule has 1 rings (SSSR count). The van der Waals surface area contributed by atoms with E-state index in [2.05, 4.69) is 32.9 Å². The Hall–Kier alpha value is -1.31. The molecule has 0 heterocycles. The maximum Gasteiger partial charge on any atom is 0.170 e. The normalized spacial score (nSPS) is 11.3. The summed E-state index contributed by atoms with van der Waals surface area (Å²) in [5.41, 5.74) is 1.49. The van der Waals surface area contributed by atoms with Crippen LogP contribution in [0.2, 0.25) is 0 Å². The molecule has 2 heteroatoms. The fourth-order valence-electron chi connectivity index (χ4n) is 1.72. The smallest absolute Gasteiger partial charge is 0.170 e. The Morgan fingerprint density at radius 2 is 1.78 bits per heavy atom. The number of Topliss-reactive ketones (excluding diaryl/α,β-unsaturated/α-hetero) is 1. The van der Waals surface area contributed by atoms with Gasteiger partial charge in [-0.3, -0.25) is 4.79 Å². The van der Waals surface area contributed by atoms with E-state index < -0.39 is 0 Å². The SMILES string of the molecule is CCCC(=O)COc1ccc(C(C)(C)CC)cc1. The molecule has 0 aliphatic heterocycles. The quantitative estimate of drug-likeness (QED) is 0.725. The molecule has 0 atom stereocenters. The van der Waals surface area contributed by atoms with Gasteiger partial charge < -0.3 is 4.74 Å².